The number of nitro groups is 2. The van der Waals surface area contributed by atoms with Crippen LogP contribution >= 0.6 is 23.2 Å². The largest absolute Gasteiger partial charge is 0.534 e. The number of nitrogens with zero attached hydrogens (tertiary/aromatic N) is 14. The summed E-state index contributed by atoms with van der Waals surface area (Å²) in [5, 5.41) is 24.4. The first kappa shape index (κ1) is 113. The van der Waals surface area contributed by atoms with Gasteiger partial charge in [-0.3, -0.25) is 99.9 Å². The summed E-state index contributed by atoms with van der Waals surface area (Å²) in [5.74, 6) is -2.19. The molecule has 2 atom stereocenters. The number of aromatic amines is 1. The van der Waals surface area contributed by atoms with Gasteiger partial charge in [-0.25, -0.2) is 43.7 Å². The van der Waals surface area contributed by atoms with Gasteiger partial charge in [-0.1, -0.05) is 148 Å². The summed E-state index contributed by atoms with van der Waals surface area (Å²) in [6.45, 7) is 47.4. The van der Waals surface area contributed by atoms with Crippen LogP contribution in [0, 0.1) is 43.9 Å². The first-order valence-corrected chi connectivity index (χ1v) is 50.6. The molecule has 0 saturated heterocycles. The van der Waals surface area contributed by atoms with Crippen molar-refractivity contribution in [2.24, 2.45) is 69.6 Å². The summed E-state index contributed by atoms with van der Waals surface area (Å²) >= 11 is 11.1. The fourth-order valence-corrected chi connectivity index (χ4v) is 13.9. The quantitative estimate of drug-likeness (QED) is 0.00886. The molecule has 42 nitrogen and oxygen atoms in total. The van der Waals surface area contributed by atoms with Gasteiger partial charge in [0.1, 0.15) is 34.5 Å². The summed E-state index contributed by atoms with van der Waals surface area (Å²) in [4.78, 5) is 191. The van der Waals surface area contributed by atoms with Crippen LogP contribution in [0.2, 0.25) is 64.7 Å². The number of nitrogens with one attached hydrogen (secondary N) is 2. The molecule has 0 amide bonds. The number of anilines is 1. The van der Waals surface area contributed by atoms with Crippen LogP contribution in [0.5, 0.6) is 5.88 Å². The van der Waals surface area contributed by atoms with Crippen molar-refractivity contribution in [2.75, 3.05) is 32.8 Å². The Labute approximate surface area is 743 Å². The number of carbonyl (C=O) groups excluding carboxylic acids is 3. The summed E-state index contributed by atoms with van der Waals surface area (Å²) in [7, 11) is -4.04. The minimum absolute atomic E-state index is 0.0128. The number of hydrogen-bond acceptors (Lipinski definition) is 30. The van der Waals surface area contributed by atoms with Crippen molar-refractivity contribution in [3.8, 4) is 5.88 Å². The Hall–Kier alpha value is -9.77. The number of H-pyrrole nitrogens is 1. The molecular formula is C76H122Cl2F3N17O25SSi3. The number of ether oxygens (including phenoxy) is 2. The number of methoxy groups -OCH3 is 2. The lowest BCUT2D eigenvalue weighted by molar-refractivity contribution is -0.386. The number of halogens is 5. The molecule has 127 heavy (non-hydrogen) atoms. The zero-order valence-electron chi connectivity index (χ0n) is 77.7. The van der Waals surface area contributed by atoms with Gasteiger partial charge in [0.25, 0.3) is 22.6 Å². The number of ketones is 1. The minimum Gasteiger partial charge on any atom is -0.468 e. The molecule has 0 fully saturated rings. The molecule has 1 aliphatic rings. The van der Waals surface area contributed by atoms with E-state index in [9.17, 15) is 104 Å². The number of esters is 2. The Balaban J connectivity index is 0.000000545. The second kappa shape index (κ2) is 45.0. The van der Waals surface area contributed by atoms with E-state index < -0.39 is 159 Å². The first-order valence-electron chi connectivity index (χ1n) is 39.7. The first-order chi connectivity index (χ1) is 57.6. The lowest BCUT2D eigenvalue weighted by Gasteiger charge is -2.37. The van der Waals surface area contributed by atoms with E-state index in [2.05, 4.69) is 68.0 Å². The standard InChI is InChI=1S/C19H29F3N4O6SSi.C19H34N4O7Si.C19H31N3O4Si.C9H12ClN3O4.C5H5ClN2O2.C5H11NO2/c1-11(2)9-26-14-13(16(27)25(6)17(26)28)24-15(32-33(29,30)19(20,21)22)12(23-14)10-31-34(7,8)18(3,4)5;1-12(2)10-22-15(14(23(27)28)16(24)21(6)18(22)26)20-13(17(25)29-7)11-30-31(8,9)19(3,4)5;1-12(2)10-22-16-13(17(24)21(6)18(22)25)9-15(23)14(20-16)11-26-27(7,8)19(3,4)5;1-5(2)4-12-7(10)6(13(16)17)8(14)11(3)9(12)15;1-8-4(9)2-3(6)7-5(8)10;1-3-4(6)5(7)8-2/h11H,9-10H2,1-8H3;12-13,20H,10-11H2,1-9H3;12H,9-11H2,1-8H3;5H,4H2,1-3H3;2H,1H3,(H,7,10);4H,3,6H2,1-2H3. The van der Waals surface area contributed by atoms with Gasteiger partial charge >= 0.3 is 78.5 Å². The number of Topliss-reactive ketones (excluding diaryl/α,β-unsaturated/α-hetero) is 1. The zero-order valence-corrected chi connectivity index (χ0v) is 83.1. The highest BCUT2D eigenvalue weighted by Gasteiger charge is 2.50. The van der Waals surface area contributed by atoms with Gasteiger partial charge in [0.15, 0.2) is 52.9 Å². The lowest BCUT2D eigenvalue weighted by Crippen LogP contribution is -2.47. The van der Waals surface area contributed by atoms with Crippen LogP contribution in [-0.2, 0) is 122 Å². The van der Waals surface area contributed by atoms with Gasteiger partial charge in [0.2, 0.25) is 0 Å². The fraction of sp³-hybridized carbons (Fsp3) is 0.658. The van der Waals surface area contributed by atoms with Gasteiger partial charge in [-0.2, -0.15) is 21.6 Å². The van der Waals surface area contributed by atoms with Crippen LogP contribution in [0.15, 0.2) is 59.0 Å². The molecule has 2 unspecified atom stereocenters. The molecule has 7 heterocycles. The Morgan fingerprint density at radius 1 is 0.591 bits per heavy atom. The van der Waals surface area contributed by atoms with E-state index in [1.54, 1.807) is 0 Å². The zero-order chi connectivity index (χ0) is 99.1. The minimum atomic E-state index is -6.11. The lowest BCUT2D eigenvalue weighted by atomic mass is 10.0. The maximum Gasteiger partial charge on any atom is 0.534 e. The molecule has 6 aromatic rings. The SMILES string of the molecule is CC(C)Cn1c(=O)n(C)c(=O)c2nc(OS(=O)(=O)C(F)(F)F)c(CO[Si](C)(C)C(C)(C)C)nc21.CC(C)Cn1c(Cl)c([N+](=O)[O-])c(=O)n(C)c1=O.CC(C)Cn1c2c(c(=O)n(C)c1=O)CC(=O)C(CO[Si](C)(C)C(C)(C)C)=N2.CCC(N)C(=O)OC.COC(=O)C(CO[Si](C)(C)C(C)(C)C)Nc1c([N+](=O)[O-])c(=O)n(C)c(=O)n1CC(C)C.Cn1c(=O)cc(Cl)[nH]c1=O. The number of aliphatic imine (C=N–C) groups is 1. The highest BCUT2D eigenvalue weighted by molar-refractivity contribution is 7.88. The third kappa shape index (κ3) is 29.4. The monoisotopic (exact) mass is 1920 g/mol. The van der Waals surface area contributed by atoms with E-state index in [0.29, 0.717) is 38.0 Å². The topological polar surface area (TPSA) is 534 Å². The van der Waals surface area contributed by atoms with Gasteiger partial charge in [-0.05, 0) is 84.5 Å². The molecule has 6 aromatic heterocycles. The maximum absolute atomic E-state index is 13.0. The van der Waals surface area contributed by atoms with E-state index >= 15 is 0 Å². The molecule has 0 aromatic carbocycles. The Kier molecular flexibility index (Phi) is 40.1. The van der Waals surface area contributed by atoms with Crippen LogP contribution in [0.25, 0.3) is 11.2 Å². The van der Waals surface area contributed by atoms with E-state index in [1.165, 1.54) is 54.0 Å². The van der Waals surface area contributed by atoms with Crippen LogP contribution in [0.4, 0.5) is 36.2 Å². The van der Waals surface area contributed by atoms with Crippen LogP contribution in [0.1, 0.15) is 142 Å². The molecule has 0 aliphatic carbocycles. The van der Waals surface area contributed by atoms with Gasteiger partial charge in [-0.15, -0.1) is 0 Å². The van der Waals surface area contributed by atoms with E-state index in [0.717, 1.165) is 28.9 Å². The third-order valence-electron chi connectivity index (χ3n) is 20.7. The Morgan fingerprint density at radius 3 is 1.42 bits per heavy atom. The smallest absolute Gasteiger partial charge is 0.468 e. The molecule has 7 rings (SSSR count). The number of rotatable bonds is 26. The molecule has 0 bridgehead atoms. The predicted octanol–water partition coefficient (Wildman–Crippen LogP) is 7.79. The molecule has 51 heteroatoms. The molecule has 0 saturated carbocycles. The van der Waals surface area contributed by atoms with Crippen LogP contribution < -0.4 is 71.5 Å². The average Bonchev–Trinajstić information content (AvgIpc) is 0.759. The van der Waals surface area contributed by atoms with Crippen molar-refractivity contribution in [1.82, 2.24) is 56.1 Å². The molecule has 4 N–H and O–H groups in total. The van der Waals surface area contributed by atoms with Crippen molar-refractivity contribution in [1.29, 1.82) is 0 Å². The summed E-state index contributed by atoms with van der Waals surface area (Å²) in [6.07, 6.45) is 0.590. The fourth-order valence-electron chi connectivity index (χ4n) is 10.1. The second-order valence-corrected chi connectivity index (χ2v) is 52.5. The van der Waals surface area contributed by atoms with Crippen molar-refractivity contribution < 1.29 is 72.8 Å². The van der Waals surface area contributed by atoms with Crippen molar-refractivity contribution >= 4 is 116 Å². The predicted molar refractivity (Wildman–Crippen MR) is 481 cm³/mol. The normalized spacial score (nSPS) is 13.1. The molecular weight excluding hydrogens is 1800 g/mol. The van der Waals surface area contributed by atoms with Crippen molar-refractivity contribution in [3.05, 3.63) is 152 Å². The molecule has 714 valence electrons. The molecule has 0 spiro atoms. The van der Waals surface area contributed by atoms with Crippen LogP contribution in [0.3, 0.4) is 0 Å². The van der Waals surface area contributed by atoms with Gasteiger partial charge < -0.3 is 38.0 Å². The van der Waals surface area contributed by atoms with E-state index in [1.807, 2.05) is 130 Å². The number of fused-ring (bicyclic) bond motifs is 2. The van der Waals surface area contributed by atoms with Gasteiger partial charge in [0, 0.05) is 73.9 Å². The third-order valence-corrected chi connectivity index (χ3v) is 35.7. The summed E-state index contributed by atoms with van der Waals surface area (Å²) in [5.41, 5.74) is -9.43. The number of alkyl halides is 3. The average molecular weight is 1920 g/mol. The van der Waals surface area contributed by atoms with Crippen molar-refractivity contribution in [3.63, 3.8) is 0 Å². The highest BCUT2D eigenvalue weighted by Crippen LogP contribution is 2.40. The van der Waals surface area contributed by atoms with Gasteiger partial charge in [0.05, 0.1) is 49.5 Å². The maximum atomic E-state index is 13.0. The summed E-state index contributed by atoms with van der Waals surface area (Å²) < 4.78 is 103. The highest BCUT2D eigenvalue weighted by atomic mass is 35.5. The van der Waals surface area contributed by atoms with Crippen LogP contribution in [-0.4, -0.2) is 168 Å². The van der Waals surface area contributed by atoms with E-state index in [4.69, 9.17) is 47.0 Å². The molecule has 0 radical (unpaired) electrons. The van der Waals surface area contributed by atoms with Crippen molar-refractivity contribution in [2.45, 2.75) is 242 Å². The number of aromatic nitrogens is 12. The second-order valence-electron chi connectivity index (χ2n) is 35.8. The summed E-state index contributed by atoms with van der Waals surface area (Å²) in [6, 6.07) is -0.453. The number of hydrogen-bond donors (Lipinski definition) is 3. The molecule has 1 aliphatic heterocycles. The number of carbonyl (C=O) groups is 3. The Bertz CT molecular complexity index is 5810. The Morgan fingerprint density at radius 2 is 0.992 bits per heavy atom. The number of nitrogens with two attached hydrogens (primary N) is 1. The van der Waals surface area contributed by atoms with E-state index in [-0.39, 0.29) is 118 Å².